The van der Waals surface area contributed by atoms with Gasteiger partial charge in [0.1, 0.15) is 6.54 Å². The summed E-state index contributed by atoms with van der Waals surface area (Å²) in [6.07, 6.45) is 0.785. The Bertz CT molecular complexity index is 158. The zero-order chi connectivity index (χ0) is 8.85. The lowest BCUT2D eigenvalue weighted by atomic mass is 10.4. The lowest BCUT2D eigenvalue weighted by molar-refractivity contribution is -0.137. The summed E-state index contributed by atoms with van der Waals surface area (Å²) < 4.78 is 0. The van der Waals surface area contributed by atoms with Crippen LogP contribution in [0.4, 0.5) is 0 Å². The molecule has 0 bridgehead atoms. The first-order valence-corrected chi connectivity index (χ1v) is 3.38. The number of nitrogens with two attached hydrogens (primary N) is 1. The van der Waals surface area contributed by atoms with Crippen LogP contribution in [-0.2, 0) is 4.79 Å². The number of carboxylic acids is 1. The molecule has 0 aromatic heterocycles. The number of hydrogen-bond acceptors (Lipinski definition) is 2. The van der Waals surface area contributed by atoms with E-state index in [9.17, 15) is 4.79 Å². The largest absolute Gasteiger partial charge is 0.480 e. The summed E-state index contributed by atoms with van der Waals surface area (Å²) in [7, 11) is 0. The molecule has 4 N–H and O–H groups in total. The average molecular weight is 159 g/mol. The normalized spacial score (nSPS) is 9.18. The van der Waals surface area contributed by atoms with Crippen molar-refractivity contribution in [3.8, 4) is 0 Å². The molecule has 0 aliphatic heterocycles. The van der Waals surface area contributed by atoms with Crippen LogP contribution >= 0.6 is 0 Å². The third kappa shape index (κ3) is 4.19. The van der Waals surface area contributed by atoms with Gasteiger partial charge in [-0.1, -0.05) is 6.92 Å². The molecule has 0 aliphatic rings. The van der Waals surface area contributed by atoms with Crippen molar-refractivity contribution >= 4 is 11.9 Å². The average Bonchev–Trinajstić information content (AvgIpc) is 1.86. The minimum Gasteiger partial charge on any atom is -0.480 e. The van der Waals surface area contributed by atoms with E-state index in [-0.39, 0.29) is 12.5 Å². The quantitative estimate of drug-likeness (QED) is 0.387. The molecule has 0 atom stereocenters. The standard InChI is InChI=1S/C6H13N3O2/c1-2-3-9(6(7)8)4-5(10)11/h2-4H2,1H3,(H3,7,8)(H,10,11). The first-order valence-electron chi connectivity index (χ1n) is 3.38. The molecule has 11 heavy (non-hydrogen) atoms. The number of guanidine groups is 1. The number of carboxylic acid groups (broad SMARTS) is 1. The van der Waals surface area contributed by atoms with E-state index >= 15 is 0 Å². The monoisotopic (exact) mass is 159 g/mol. The van der Waals surface area contributed by atoms with Crippen LogP contribution in [0.2, 0.25) is 0 Å². The van der Waals surface area contributed by atoms with Crippen molar-refractivity contribution in [2.24, 2.45) is 5.73 Å². The molecule has 0 aromatic rings. The van der Waals surface area contributed by atoms with Crippen LogP contribution in [0.5, 0.6) is 0 Å². The van der Waals surface area contributed by atoms with Gasteiger partial charge in [0.25, 0.3) is 0 Å². The van der Waals surface area contributed by atoms with E-state index in [1.165, 1.54) is 4.90 Å². The van der Waals surface area contributed by atoms with Gasteiger partial charge in [-0.05, 0) is 6.42 Å². The fraction of sp³-hybridized carbons (Fsp3) is 0.667. The second-order valence-electron chi connectivity index (χ2n) is 2.20. The van der Waals surface area contributed by atoms with Crippen molar-refractivity contribution in [1.82, 2.24) is 4.90 Å². The Morgan fingerprint density at radius 2 is 2.27 bits per heavy atom. The van der Waals surface area contributed by atoms with Gasteiger partial charge < -0.3 is 15.7 Å². The van der Waals surface area contributed by atoms with E-state index in [1.807, 2.05) is 6.92 Å². The SMILES string of the molecule is CCCN(CC(=O)O)C(=N)N. The van der Waals surface area contributed by atoms with Gasteiger partial charge in [-0.3, -0.25) is 10.2 Å². The molecule has 0 heterocycles. The molecule has 0 aromatic carbocycles. The van der Waals surface area contributed by atoms with Crippen molar-refractivity contribution in [2.45, 2.75) is 13.3 Å². The number of rotatable bonds is 4. The third-order valence-electron chi connectivity index (χ3n) is 1.16. The highest BCUT2D eigenvalue weighted by Gasteiger charge is 2.08. The molecule has 5 heteroatoms. The lowest BCUT2D eigenvalue weighted by Crippen LogP contribution is -2.40. The van der Waals surface area contributed by atoms with Gasteiger partial charge in [0, 0.05) is 6.54 Å². The lowest BCUT2D eigenvalue weighted by Gasteiger charge is -2.18. The number of hydrogen-bond donors (Lipinski definition) is 3. The van der Waals surface area contributed by atoms with Crippen LogP contribution in [0.3, 0.4) is 0 Å². The maximum absolute atomic E-state index is 10.2. The fourth-order valence-corrected chi connectivity index (χ4v) is 0.718. The molecule has 0 spiro atoms. The van der Waals surface area contributed by atoms with Gasteiger partial charge in [0.15, 0.2) is 5.96 Å². The highest BCUT2D eigenvalue weighted by Crippen LogP contribution is 1.88. The molecule has 0 saturated heterocycles. The smallest absolute Gasteiger partial charge is 0.323 e. The van der Waals surface area contributed by atoms with E-state index in [0.29, 0.717) is 6.54 Å². The van der Waals surface area contributed by atoms with Crippen molar-refractivity contribution < 1.29 is 9.90 Å². The van der Waals surface area contributed by atoms with E-state index in [1.54, 1.807) is 0 Å². The summed E-state index contributed by atoms with van der Waals surface area (Å²) in [4.78, 5) is 11.5. The minimum absolute atomic E-state index is 0.186. The van der Waals surface area contributed by atoms with Crippen molar-refractivity contribution in [3.05, 3.63) is 0 Å². The number of aliphatic carboxylic acids is 1. The second-order valence-corrected chi connectivity index (χ2v) is 2.20. The van der Waals surface area contributed by atoms with Crippen LogP contribution in [0.25, 0.3) is 0 Å². The molecule has 5 nitrogen and oxygen atoms in total. The van der Waals surface area contributed by atoms with Gasteiger partial charge in [-0.2, -0.15) is 0 Å². The Balaban J connectivity index is 3.89. The Hall–Kier alpha value is -1.26. The summed E-state index contributed by atoms with van der Waals surface area (Å²) >= 11 is 0. The van der Waals surface area contributed by atoms with Crippen molar-refractivity contribution in [1.29, 1.82) is 5.41 Å². The fourth-order valence-electron chi connectivity index (χ4n) is 0.718. The summed E-state index contributed by atoms with van der Waals surface area (Å²) in [5.41, 5.74) is 5.12. The molecular weight excluding hydrogens is 146 g/mol. The van der Waals surface area contributed by atoms with Crippen molar-refractivity contribution in [3.63, 3.8) is 0 Å². The Labute approximate surface area is 65.3 Å². The maximum atomic E-state index is 10.2. The molecule has 0 fully saturated rings. The zero-order valence-corrected chi connectivity index (χ0v) is 6.50. The number of nitrogens with zero attached hydrogens (tertiary/aromatic N) is 1. The Morgan fingerprint density at radius 3 is 2.55 bits per heavy atom. The first-order chi connectivity index (χ1) is 5.07. The summed E-state index contributed by atoms with van der Waals surface area (Å²) in [5.74, 6) is -1.15. The van der Waals surface area contributed by atoms with E-state index in [4.69, 9.17) is 16.2 Å². The number of nitrogens with one attached hydrogen (secondary N) is 1. The maximum Gasteiger partial charge on any atom is 0.323 e. The van der Waals surface area contributed by atoms with E-state index in [0.717, 1.165) is 6.42 Å². The van der Waals surface area contributed by atoms with Crippen LogP contribution in [0.15, 0.2) is 0 Å². The molecule has 0 rings (SSSR count). The van der Waals surface area contributed by atoms with E-state index in [2.05, 4.69) is 0 Å². The number of carbonyl (C=O) groups is 1. The second kappa shape index (κ2) is 4.54. The summed E-state index contributed by atoms with van der Waals surface area (Å²) in [5, 5.41) is 15.4. The molecule has 0 aliphatic carbocycles. The molecule has 0 amide bonds. The minimum atomic E-state index is -0.964. The van der Waals surface area contributed by atoms with E-state index < -0.39 is 5.97 Å². The zero-order valence-electron chi connectivity index (χ0n) is 6.50. The van der Waals surface area contributed by atoms with Gasteiger partial charge in [-0.15, -0.1) is 0 Å². The van der Waals surface area contributed by atoms with Gasteiger partial charge in [0.05, 0.1) is 0 Å². The summed E-state index contributed by atoms with van der Waals surface area (Å²) in [6, 6.07) is 0. The van der Waals surface area contributed by atoms with Gasteiger partial charge in [-0.25, -0.2) is 0 Å². The van der Waals surface area contributed by atoms with Gasteiger partial charge >= 0.3 is 5.97 Å². The van der Waals surface area contributed by atoms with Crippen molar-refractivity contribution in [2.75, 3.05) is 13.1 Å². The predicted octanol–water partition coefficient (Wildman–Crippen LogP) is -0.324. The Kier molecular flexibility index (Phi) is 4.02. The van der Waals surface area contributed by atoms with Crippen LogP contribution in [-0.4, -0.2) is 35.0 Å². The van der Waals surface area contributed by atoms with Crippen LogP contribution in [0.1, 0.15) is 13.3 Å². The highest BCUT2D eigenvalue weighted by atomic mass is 16.4. The molecule has 0 unspecified atom stereocenters. The first kappa shape index (κ1) is 9.74. The molecule has 0 saturated carbocycles. The third-order valence-corrected chi connectivity index (χ3v) is 1.16. The highest BCUT2D eigenvalue weighted by molar-refractivity contribution is 5.80. The predicted molar refractivity (Wildman–Crippen MR) is 41.4 cm³/mol. The molecule has 0 radical (unpaired) electrons. The molecular formula is C6H13N3O2. The van der Waals surface area contributed by atoms with Gasteiger partial charge in [0.2, 0.25) is 0 Å². The summed E-state index contributed by atoms with van der Waals surface area (Å²) in [6.45, 7) is 2.22. The van der Waals surface area contributed by atoms with Crippen LogP contribution < -0.4 is 5.73 Å². The molecule has 64 valence electrons. The topological polar surface area (TPSA) is 90.4 Å². The van der Waals surface area contributed by atoms with Crippen LogP contribution in [0, 0.1) is 5.41 Å². The Morgan fingerprint density at radius 1 is 1.73 bits per heavy atom.